The van der Waals surface area contributed by atoms with Crippen molar-refractivity contribution in [3.63, 3.8) is 0 Å². The molecule has 0 aliphatic rings. The molecule has 0 bridgehead atoms. The van der Waals surface area contributed by atoms with E-state index in [-0.39, 0.29) is 23.4 Å². The maximum Gasteiger partial charge on any atom is 0.277 e. The average Bonchev–Trinajstić information content (AvgIpc) is 2.94. The fourth-order valence-corrected chi connectivity index (χ4v) is 1.90. The van der Waals surface area contributed by atoms with E-state index in [9.17, 15) is 18.0 Å². The number of aromatic nitrogens is 2. The van der Waals surface area contributed by atoms with Crippen LogP contribution in [0.5, 0.6) is 0 Å². The summed E-state index contributed by atoms with van der Waals surface area (Å²) in [6, 6.07) is 1.64. The molecule has 0 unspecified atom stereocenters. The maximum absolute atomic E-state index is 13.3. The van der Waals surface area contributed by atoms with Crippen LogP contribution < -0.4 is 11.1 Å². The average molecular weight is 318 g/mol. The molecule has 0 aliphatic heterocycles. The molecule has 1 heterocycles. The van der Waals surface area contributed by atoms with E-state index in [0.29, 0.717) is 6.07 Å². The van der Waals surface area contributed by atoms with Gasteiger partial charge in [-0.05, 0) is 12.1 Å². The molecule has 10 heteroatoms. The zero-order valence-corrected chi connectivity index (χ0v) is 11.2. The maximum atomic E-state index is 13.3. The molecule has 0 saturated carbocycles. The lowest BCUT2D eigenvalue weighted by molar-refractivity contribution is -0.113. The van der Waals surface area contributed by atoms with Gasteiger partial charge in [-0.2, -0.15) is 0 Å². The Balaban J connectivity index is 1.94. The van der Waals surface area contributed by atoms with Crippen LogP contribution in [-0.2, 0) is 11.3 Å². The SMILES string of the molecule is NCc1nnc(SCC(=O)Nc2ccc(F)c(F)c2F)o1. The number of carbonyl (C=O) groups excluding carboxylic acids is 1. The number of nitrogens with one attached hydrogen (secondary N) is 1. The van der Waals surface area contributed by atoms with Crippen molar-refractivity contribution in [3.8, 4) is 0 Å². The number of benzene rings is 1. The van der Waals surface area contributed by atoms with Gasteiger partial charge in [-0.3, -0.25) is 4.79 Å². The van der Waals surface area contributed by atoms with E-state index < -0.39 is 29.0 Å². The Hall–Kier alpha value is -2.07. The number of hydrogen-bond acceptors (Lipinski definition) is 6. The number of amides is 1. The largest absolute Gasteiger partial charge is 0.415 e. The topological polar surface area (TPSA) is 94.0 Å². The third kappa shape index (κ3) is 3.73. The lowest BCUT2D eigenvalue weighted by Gasteiger charge is -2.06. The summed E-state index contributed by atoms with van der Waals surface area (Å²) >= 11 is 0.899. The molecule has 112 valence electrons. The molecule has 0 saturated heterocycles. The summed E-state index contributed by atoms with van der Waals surface area (Å²) in [4.78, 5) is 11.6. The summed E-state index contributed by atoms with van der Waals surface area (Å²) in [6.45, 7) is 0.0693. The first-order valence-corrected chi connectivity index (χ1v) is 6.58. The van der Waals surface area contributed by atoms with Crippen molar-refractivity contribution in [1.29, 1.82) is 0 Å². The molecule has 2 aromatic rings. The summed E-state index contributed by atoms with van der Waals surface area (Å²) in [5.74, 6) is -5.05. The summed E-state index contributed by atoms with van der Waals surface area (Å²) in [6.07, 6.45) is 0. The monoisotopic (exact) mass is 318 g/mol. The predicted molar refractivity (Wildman–Crippen MR) is 67.9 cm³/mol. The standard InChI is InChI=1S/C11H9F3N4O2S/c12-5-1-2-6(10(14)9(5)13)16-7(19)4-21-11-18-17-8(3-15)20-11/h1-2H,3-4,15H2,(H,16,19). The minimum atomic E-state index is -1.65. The first-order chi connectivity index (χ1) is 10.0. The third-order valence-corrected chi connectivity index (χ3v) is 3.08. The molecular weight excluding hydrogens is 309 g/mol. The lowest BCUT2D eigenvalue weighted by Crippen LogP contribution is -2.15. The number of nitrogens with zero attached hydrogens (tertiary/aromatic N) is 2. The highest BCUT2D eigenvalue weighted by atomic mass is 32.2. The Morgan fingerprint density at radius 3 is 2.71 bits per heavy atom. The van der Waals surface area contributed by atoms with Gasteiger partial charge >= 0.3 is 0 Å². The Kier molecular flexibility index (Phi) is 4.81. The van der Waals surface area contributed by atoms with Gasteiger partial charge in [-0.1, -0.05) is 11.8 Å². The van der Waals surface area contributed by atoms with Gasteiger partial charge < -0.3 is 15.5 Å². The molecule has 3 N–H and O–H groups in total. The molecule has 1 amide bonds. The summed E-state index contributed by atoms with van der Waals surface area (Å²) in [7, 11) is 0. The van der Waals surface area contributed by atoms with Crippen molar-refractivity contribution >= 4 is 23.4 Å². The van der Waals surface area contributed by atoms with Crippen molar-refractivity contribution in [2.24, 2.45) is 5.73 Å². The van der Waals surface area contributed by atoms with Gasteiger partial charge in [-0.25, -0.2) is 13.2 Å². The van der Waals surface area contributed by atoms with E-state index in [1.54, 1.807) is 0 Å². The zero-order valence-electron chi connectivity index (χ0n) is 10.4. The highest BCUT2D eigenvalue weighted by Gasteiger charge is 2.16. The second kappa shape index (κ2) is 6.59. The van der Waals surface area contributed by atoms with E-state index in [4.69, 9.17) is 10.2 Å². The van der Waals surface area contributed by atoms with E-state index in [1.165, 1.54) is 0 Å². The molecule has 0 spiro atoms. The molecule has 6 nitrogen and oxygen atoms in total. The Bertz CT molecular complexity index is 665. The number of rotatable bonds is 5. The third-order valence-electron chi connectivity index (χ3n) is 2.26. The summed E-state index contributed by atoms with van der Waals surface area (Å²) in [5, 5.41) is 9.43. The molecule has 0 radical (unpaired) electrons. The Labute approximate surface area is 120 Å². The van der Waals surface area contributed by atoms with E-state index in [2.05, 4.69) is 15.5 Å². The van der Waals surface area contributed by atoms with Crippen LogP contribution in [0, 0.1) is 17.5 Å². The molecule has 21 heavy (non-hydrogen) atoms. The van der Waals surface area contributed by atoms with Gasteiger partial charge in [0, 0.05) is 0 Å². The Morgan fingerprint density at radius 2 is 2.05 bits per heavy atom. The fraction of sp³-hybridized carbons (Fsp3) is 0.182. The lowest BCUT2D eigenvalue weighted by atomic mass is 10.3. The highest BCUT2D eigenvalue weighted by Crippen LogP contribution is 2.21. The molecule has 0 fully saturated rings. The van der Waals surface area contributed by atoms with E-state index >= 15 is 0 Å². The van der Waals surface area contributed by atoms with Gasteiger partial charge in [0.05, 0.1) is 18.0 Å². The van der Waals surface area contributed by atoms with Gasteiger partial charge in [0.1, 0.15) is 0 Å². The fourth-order valence-electron chi connectivity index (χ4n) is 1.32. The second-order valence-corrected chi connectivity index (χ2v) is 4.65. The number of hydrogen-bond donors (Lipinski definition) is 2. The van der Waals surface area contributed by atoms with Gasteiger partial charge in [0.2, 0.25) is 11.8 Å². The minimum Gasteiger partial charge on any atom is -0.415 e. The van der Waals surface area contributed by atoms with Crippen LogP contribution in [0.3, 0.4) is 0 Å². The summed E-state index contributed by atoms with van der Waals surface area (Å²) in [5.41, 5.74) is 4.82. The van der Waals surface area contributed by atoms with E-state index in [1.807, 2.05) is 0 Å². The van der Waals surface area contributed by atoms with Crippen LogP contribution in [-0.4, -0.2) is 21.9 Å². The van der Waals surface area contributed by atoms with Crippen LogP contribution in [0.4, 0.5) is 18.9 Å². The van der Waals surface area contributed by atoms with Crippen LogP contribution in [0.15, 0.2) is 21.8 Å². The smallest absolute Gasteiger partial charge is 0.277 e. The number of carbonyl (C=O) groups is 1. The number of anilines is 1. The van der Waals surface area contributed by atoms with Crippen molar-refractivity contribution in [1.82, 2.24) is 10.2 Å². The van der Waals surface area contributed by atoms with Crippen LogP contribution in [0.25, 0.3) is 0 Å². The van der Waals surface area contributed by atoms with Crippen LogP contribution >= 0.6 is 11.8 Å². The van der Waals surface area contributed by atoms with Crippen molar-refractivity contribution in [2.45, 2.75) is 11.8 Å². The predicted octanol–water partition coefficient (Wildman–Crippen LogP) is 1.68. The van der Waals surface area contributed by atoms with Gasteiger partial charge in [0.15, 0.2) is 17.5 Å². The molecular formula is C11H9F3N4O2S. The second-order valence-electron chi connectivity index (χ2n) is 3.73. The van der Waals surface area contributed by atoms with Crippen molar-refractivity contribution in [2.75, 3.05) is 11.1 Å². The first kappa shape index (κ1) is 15.3. The molecule has 1 aromatic heterocycles. The Morgan fingerprint density at radius 1 is 1.29 bits per heavy atom. The molecule has 1 aromatic carbocycles. The van der Waals surface area contributed by atoms with Crippen molar-refractivity contribution in [3.05, 3.63) is 35.5 Å². The molecule has 0 aliphatic carbocycles. The quantitative estimate of drug-likeness (QED) is 0.643. The number of thioether (sulfide) groups is 1. The number of nitrogens with two attached hydrogens (primary N) is 1. The molecule has 2 rings (SSSR count). The highest BCUT2D eigenvalue weighted by molar-refractivity contribution is 7.99. The zero-order chi connectivity index (χ0) is 15.4. The minimum absolute atomic E-state index is 0.0693. The van der Waals surface area contributed by atoms with Gasteiger partial charge in [-0.15, -0.1) is 10.2 Å². The van der Waals surface area contributed by atoms with E-state index in [0.717, 1.165) is 17.8 Å². The first-order valence-electron chi connectivity index (χ1n) is 5.60. The van der Waals surface area contributed by atoms with Crippen molar-refractivity contribution < 1.29 is 22.4 Å². The van der Waals surface area contributed by atoms with Crippen LogP contribution in [0.1, 0.15) is 5.89 Å². The van der Waals surface area contributed by atoms with Crippen LogP contribution in [0.2, 0.25) is 0 Å². The summed E-state index contributed by atoms with van der Waals surface area (Å²) < 4.78 is 44.1. The normalized spacial score (nSPS) is 10.7. The van der Waals surface area contributed by atoms with Gasteiger partial charge in [0.25, 0.3) is 5.22 Å². The number of halogens is 3. The molecule has 0 atom stereocenters.